The van der Waals surface area contributed by atoms with Crippen LogP contribution in [0.5, 0.6) is 0 Å². The van der Waals surface area contributed by atoms with Crippen LogP contribution in [0.25, 0.3) is 0 Å². The molecule has 0 heterocycles. The zero-order valence-electron chi connectivity index (χ0n) is 10.8. The monoisotopic (exact) mass is 332 g/mol. The third kappa shape index (κ3) is 3.42. The quantitative estimate of drug-likeness (QED) is 0.798. The van der Waals surface area contributed by atoms with Crippen LogP contribution in [0.4, 0.5) is 10.1 Å². The highest BCUT2D eigenvalue weighted by Gasteiger charge is 2.16. The second-order valence-corrected chi connectivity index (χ2v) is 5.79. The molecular formula is C13H18BrFN2S. The molecule has 0 fully saturated rings. The molecule has 0 aromatic heterocycles. The lowest BCUT2D eigenvalue weighted by Gasteiger charge is -2.23. The van der Waals surface area contributed by atoms with Crippen LogP contribution in [-0.2, 0) is 0 Å². The molecule has 1 aromatic rings. The number of anilines is 1. The van der Waals surface area contributed by atoms with Gasteiger partial charge in [-0.2, -0.15) is 0 Å². The Morgan fingerprint density at radius 3 is 2.56 bits per heavy atom. The van der Waals surface area contributed by atoms with Gasteiger partial charge in [-0.3, -0.25) is 0 Å². The third-order valence-corrected chi connectivity index (χ3v) is 3.93. The van der Waals surface area contributed by atoms with Crippen molar-refractivity contribution in [3.05, 3.63) is 28.0 Å². The summed E-state index contributed by atoms with van der Waals surface area (Å²) in [6.45, 7) is 6.29. The fraction of sp³-hybridized carbons (Fsp3) is 0.462. The molecule has 100 valence electrons. The van der Waals surface area contributed by atoms with E-state index in [1.165, 1.54) is 0 Å². The summed E-state index contributed by atoms with van der Waals surface area (Å²) in [7, 11) is 0. The van der Waals surface area contributed by atoms with E-state index in [9.17, 15) is 4.39 Å². The molecule has 0 bridgehead atoms. The molecule has 0 aliphatic heterocycles. The summed E-state index contributed by atoms with van der Waals surface area (Å²) < 4.78 is 14.5. The van der Waals surface area contributed by atoms with Crippen LogP contribution in [-0.4, -0.2) is 11.0 Å². The van der Waals surface area contributed by atoms with Gasteiger partial charge in [-0.1, -0.05) is 33.0 Å². The van der Waals surface area contributed by atoms with Crippen molar-refractivity contribution in [3.8, 4) is 0 Å². The SMILES string of the molecule is CCC(Nc1ccc(C(N)=S)c(Br)c1F)C(C)C. The van der Waals surface area contributed by atoms with Crippen LogP contribution in [0.15, 0.2) is 16.6 Å². The lowest BCUT2D eigenvalue weighted by atomic mass is 10.0. The second kappa shape index (κ2) is 6.48. The van der Waals surface area contributed by atoms with E-state index in [0.29, 0.717) is 21.6 Å². The predicted octanol–water partition coefficient (Wildman–Crippen LogP) is 4.07. The first-order valence-corrected chi connectivity index (χ1v) is 7.12. The van der Waals surface area contributed by atoms with E-state index in [1.54, 1.807) is 12.1 Å². The van der Waals surface area contributed by atoms with Crippen LogP contribution in [0.1, 0.15) is 32.8 Å². The molecule has 1 atom stereocenters. The Labute approximate surface area is 121 Å². The van der Waals surface area contributed by atoms with Crippen LogP contribution < -0.4 is 11.1 Å². The van der Waals surface area contributed by atoms with Gasteiger partial charge in [0.15, 0.2) is 5.82 Å². The number of hydrogen-bond acceptors (Lipinski definition) is 2. The highest BCUT2D eigenvalue weighted by Crippen LogP contribution is 2.28. The Balaban J connectivity index is 3.05. The van der Waals surface area contributed by atoms with Gasteiger partial charge in [0.2, 0.25) is 0 Å². The van der Waals surface area contributed by atoms with Crippen LogP contribution in [0.2, 0.25) is 0 Å². The number of benzene rings is 1. The Morgan fingerprint density at radius 2 is 2.11 bits per heavy atom. The molecule has 0 amide bonds. The summed E-state index contributed by atoms with van der Waals surface area (Å²) in [5.74, 6) is 0.0860. The molecule has 18 heavy (non-hydrogen) atoms. The lowest BCUT2D eigenvalue weighted by Crippen LogP contribution is -2.25. The van der Waals surface area contributed by atoms with Gasteiger partial charge in [-0.15, -0.1) is 0 Å². The summed E-state index contributed by atoms with van der Waals surface area (Å²) in [6.07, 6.45) is 0.936. The van der Waals surface area contributed by atoms with Crippen LogP contribution in [0.3, 0.4) is 0 Å². The maximum atomic E-state index is 14.2. The zero-order chi connectivity index (χ0) is 13.9. The first-order chi connectivity index (χ1) is 8.38. The summed E-state index contributed by atoms with van der Waals surface area (Å²) in [5.41, 5.74) is 6.52. The average molecular weight is 333 g/mol. The van der Waals surface area contributed by atoms with Gasteiger partial charge in [-0.05, 0) is 40.4 Å². The van der Waals surface area contributed by atoms with E-state index in [1.807, 2.05) is 0 Å². The third-order valence-electron chi connectivity index (χ3n) is 2.93. The maximum Gasteiger partial charge on any atom is 0.161 e. The molecule has 3 N–H and O–H groups in total. The molecule has 2 nitrogen and oxygen atoms in total. The standard InChI is InChI=1S/C13H18BrFN2S/c1-4-9(7(2)3)17-10-6-5-8(13(16)18)11(14)12(10)15/h5-7,9,17H,4H2,1-3H3,(H2,16,18). The molecule has 0 aliphatic carbocycles. The van der Waals surface area contributed by atoms with Gasteiger partial charge in [0.25, 0.3) is 0 Å². The van der Waals surface area contributed by atoms with Crippen molar-refractivity contribution in [3.63, 3.8) is 0 Å². The van der Waals surface area contributed by atoms with E-state index in [-0.39, 0.29) is 16.8 Å². The average Bonchev–Trinajstić information content (AvgIpc) is 2.30. The minimum atomic E-state index is -0.348. The van der Waals surface area contributed by atoms with E-state index in [2.05, 4.69) is 42.0 Å². The number of rotatable bonds is 5. The second-order valence-electron chi connectivity index (χ2n) is 4.56. The summed E-state index contributed by atoms with van der Waals surface area (Å²) in [6, 6.07) is 3.65. The van der Waals surface area contributed by atoms with Crippen molar-refractivity contribution < 1.29 is 4.39 Å². The number of thiocarbonyl (C=S) groups is 1. The van der Waals surface area contributed by atoms with Crippen molar-refractivity contribution in [1.82, 2.24) is 0 Å². The van der Waals surface area contributed by atoms with E-state index in [0.717, 1.165) is 6.42 Å². The predicted molar refractivity (Wildman–Crippen MR) is 82.5 cm³/mol. The Kier molecular flexibility index (Phi) is 5.53. The van der Waals surface area contributed by atoms with Gasteiger partial charge in [0.1, 0.15) is 4.99 Å². The zero-order valence-corrected chi connectivity index (χ0v) is 13.2. The summed E-state index contributed by atoms with van der Waals surface area (Å²) in [5, 5.41) is 3.21. The molecule has 1 aromatic carbocycles. The minimum absolute atomic E-state index is 0.184. The molecule has 1 rings (SSSR count). The Hall–Kier alpha value is -0.680. The first kappa shape index (κ1) is 15.4. The highest BCUT2D eigenvalue weighted by atomic mass is 79.9. The van der Waals surface area contributed by atoms with Gasteiger partial charge in [0, 0.05) is 11.6 Å². The molecule has 0 saturated carbocycles. The highest BCUT2D eigenvalue weighted by molar-refractivity contribution is 9.10. The number of nitrogens with one attached hydrogen (secondary N) is 1. The molecule has 1 unspecified atom stereocenters. The van der Waals surface area contributed by atoms with Crippen molar-refractivity contribution in [2.45, 2.75) is 33.2 Å². The fourth-order valence-corrected chi connectivity index (χ4v) is 2.65. The largest absolute Gasteiger partial charge is 0.389 e. The smallest absolute Gasteiger partial charge is 0.161 e. The van der Waals surface area contributed by atoms with Gasteiger partial charge < -0.3 is 11.1 Å². The summed E-state index contributed by atoms with van der Waals surface area (Å²) >= 11 is 8.06. The van der Waals surface area contributed by atoms with Crippen LogP contribution >= 0.6 is 28.1 Å². The number of hydrogen-bond donors (Lipinski definition) is 2. The maximum absolute atomic E-state index is 14.2. The van der Waals surface area contributed by atoms with Crippen molar-refractivity contribution in [1.29, 1.82) is 0 Å². The van der Waals surface area contributed by atoms with Gasteiger partial charge in [-0.25, -0.2) is 4.39 Å². The van der Waals surface area contributed by atoms with E-state index >= 15 is 0 Å². The van der Waals surface area contributed by atoms with E-state index in [4.69, 9.17) is 18.0 Å². The normalized spacial score (nSPS) is 12.6. The Morgan fingerprint density at radius 1 is 1.50 bits per heavy atom. The Bertz CT molecular complexity index is 449. The molecular weight excluding hydrogens is 315 g/mol. The van der Waals surface area contributed by atoms with E-state index < -0.39 is 0 Å². The first-order valence-electron chi connectivity index (χ1n) is 5.92. The van der Waals surface area contributed by atoms with Gasteiger partial charge >= 0.3 is 0 Å². The fourth-order valence-electron chi connectivity index (χ4n) is 1.79. The molecule has 0 aliphatic rings. The summed E-state index contributed by atoms with van der Waals surface area (Å²) in [4.78, 5) is 0.184. The van der Waals surface area contributed by atoms with Crippen molar-refractivity contribution in [2.75, 3.05) is 5.32 Å². The van der Waals surface area contributed by atoms with Crippen LogP contribution in [0, 0.1) is 11.7 Å². The van der Waals surface area contributed by atoms with Crippen molar-refractivity contribution >= 4 is 38.8 Å². The minimum Gasteiger partial charge on any atom is -0.389 e. The topological polar surface area (TPSA) is 38.0 Å². The molecule has 0 radical (unpaired) electrons. The lowest BCUT2D eigenvalue weighted by molar-refractivity contribution is 0.506. The number of nitrogens with two attached hydrogens (primary N) is 1. The molecule has 0 saturated heterocycles. The molecule has 5 heteroatoms. The molecule has 0 spiro atoms. The number of halogens is 2. The van der Waals surface area contributed by atoms with Crippen molar-refractivity contribution in [2.24, 2.45) is 11.7 Å². The van der Waals surface area contributed by atoms with Gasteiger partial charge in [0.05, 0.1) is 10.2 Å².